The maximum Gasteiger partial charge on any atom is 0.326 e. The number of nitrogens with zero attached hydrogens (tertiary/aromatic N) is 1. The molecule has 1 heterocycles. The molecule has 55 heavy (non-hydrogen) atoms. The van der Waals surface area contributed by atoms with Gasteiger partial charge in [0.2, 0.25) is 23.6 Å². The molecule has 0 saturated carbocycles. The van der Waals surface area contributed by atoms with Crippen molar-refractivity contribution < 1.29 is 38.6 Å². The van der Waals surface area contributed by atoms with Crippen molar-refractivity contribution in [3.05, 3.63) is 47.5 Å². The van der Waals surface area contributed by atoms with Gasteiger partial charge in [-0.2, -0.15) is 0 Å². The maximum atomic E-state index is 14.2. The summed E-state index contributed by atoms with van der Waals surface area (Å²) in [4.78, 5) is 68.4. The quantitative estimate of drug-likeness (QED) is 0.0911. The second kappa shape index (κ2) is 23.2. The summed E-state index contributed by atoms with van der Waals surface area (Å²) in [5, 5.41) is 18.1. The van der Waals surface area contributed by atoms with Crippen molar-refractivity contribution in [3.63, 3.8) is 0 Å². The van der Waals surface area contributed by atoms with E-state index in [1.54, 1.807) is 36.4 Å². The molecule has 1 aliphatic heterocycles. The molecule has 0 saturated heterocycles. The Labute approximate surface area is 324 Å². The highest BCUT2D eigenvalue weighted by Crippen LogP contribution is 2.40. The van der Waals surface area contributed by atoms with Crippen LogP contribution in [0.3, 0.4) is 0 Å². The minimum Gasteiger partial charge on any atom is -0.492 e. The van der Waals surface area contributed by atoms with E-state index in [1.807, 2.05) is 0 Å². The number of hydrogen-bond donors (Lipinski definition) is 7. The highest BCUT2D eigenvalue weighted by Gasteiger charge is 2.36. The van der Waals surface area contributed by atoms with Gasteiger partial charge in [0.1, 0.15) is 48.9 Å². The summed E-state index contributed by atoms with van der Waals surface area (Å²) in [6, 6.07) is 5.27. The standard InChI is InChI=1S/C40H61N7O8/c1-4-5-6-7-8-9-10-11-12-35(48)45-31(17-18-41)39(51)47(3)36-28-14-16-34(55-22-20-43)30(25-28)29-23-27(13-15-33(29)54-21-19-42)24-32(40(52)53)46-37(49)26(2)44-38(36)50/h13-16,23,25-26,31-32,36H,4-12,17-22,24,41-43H2,1-3H3,(H,44,50)(H,45,48)(H,46,49)(H,52,53)/t26-,31-,32-,36-/m0/s1. The van der Waals surface area contributed by atoms with E-state index in [4.69, 9.17) is 26.7 Å². The fraction of sp³-hybridized carbons (Fsp3) is 0.575. The second-order valence-corrected chi connectivity index (χ2v) is 14.0. The van der Waals surface area contributed by atoms with E-state index >= 15 is 0 Å². The number of aliphatic carboxylic acids is 1. The SMILES string of the molecule is CCCCCCCCCCC(=O)N[C@@H](CCN)C(=O)N(C)[C@@H]1C(=O)N[C@@H](C)C(=O)N[C@H](C(=O)O)Cc2ccc(OCCN)c(c2)-c2cc1ccc2OCCN. The van der Waals surface area contributed by atoms with Crippen LogP contribution in [0.2, 0.25) is 0 Å². The van der Waals surface area contributed by atoms with Crippen molar-refractivity contribution in [1.82, 2.24) is 20.9 Å². The molecule has 0 aromatic heterocycles. The number of carboxylic acids is 1. The van der Waals surface area contributed by atoms with Gasteiger partial charge < -0.3 is 52.6 Å². The Morgan fingerprint density at radius 1 is 0.855 bits per heavy atom. The van der Waals surface area contributed by atoms with E-state index in [9.17, 15) is 29.1 Å². The van der Waals surface area contributed by atoms with Crippen LogP contribution in [-0.2, 0) is 30.4 Å². The number of nitrogens with one attached hydrogen (secondary N) is 3. The summed E-state index contributed by atoms with van der Waals surface area (Å²) in [6.45, 7) is 4.48. The number of amides is 4. The van der Waals surface area contributed by atoms with Gasteiger partial charge in [-0.15, -0.1) is 0 Å². The summed E-state index contributed by atoms with van der Waals surface area (Å²) >= 11 is 0. The number of nitrogens with two attached hydrogens (primary N) is 3. The molecular formula is C40H61N7O8. The summed E-state index contributed by atoms with van der Waals surface area (Å²) in [5.41, 5.74) is 19.4. The molecule has 10 N–H and O–H groups in total. The molecule has 0 aliphatic carbocycles. The van der Waals surface area contributed by atoms with E-state index in [2.05, 4.69) is 22.9 Å². The monoisotopic (exact) mass is 767 g/mol. The van der Waals surface area contributed by atoms with Gasteiger partial charge in [0.05, 0.1) is 0 Å². The molecule has 15 heteroatoms. The normalized spacial score (nSPS) is 17.6. The van der Waals surface area contributed by atoms with Gasteiger partial charge in [-0.25, -0.2) is 4.79 Å². The molecule has 304 valence electrons. The van der Waals surface area contributed by atoms with Gasteiger partial charge in [-0.1, -0.05) is 64.0 Å². The van der Waals surface area contributed by atoms with Gasteiger partial charge in [0.15, 0.2) is 0 Å². The molecular weight excluding hydrogens is 706 g/mol. The van der Waals surface area contributed by atoms with Crippen LogP contribution in [0.4, 0.5) is 0 Å². The van der Waals surface area contributed by atoms with Crippen molar-refractivity contribution in [1.29, 1.82) is 0 Å². The lowest BCUT2D eigenvalue weighted by atomic mass is 9.93. The number of likely N-dealkylation sites (N-methyl/N-ethyl adjacent to an activating group) is 1. The zero-order chi connectivity index (χ0) is 40.3. The van der Waals surface area contributed by atoms with Gasteiger partial charge in [-0.05, 0) is 61.7 Å². The van der Waals surface area contributed by atoms with Crippen LogP contribution in [0.1, 0.15) is 95.2 Å². The van der Waals surface area contributed by atoms with Crippen LogP contribution in [0.15, 0.2) is 36.4 Å². The third-order valence-corrected chi connectivity index (χ3v) is 9.54. The number of benzene rings is 2. The van der Waals surface area contributed by atoms with Crippen LogP contribution >= 0.6 is 0 Å². The second-order valence-electron chi connectivity index (χ2n) is 14.0. The molecule has 4 atom stereocenters. The molecule has 4 amide bonds. The first-order valence-corrected chi connectivity index (χ1v) is 19.5. The topological polar surface area (TPSA) is 241 Å². The van der Waals surface area contributed by atoms with Crippen LogP contribution in [0.25, 0.3) is 11.1 Å². The molecule has 0 fully saturated rings. The number of carboxylic acid groups (broad SMARTS) is 1. The van der Waals surface area contributed by atoms with E-state index in [0.29, 0.717) is 40.2 Å². The van der Waals surface area contributed by atoms with Gasteiger partial charge in [-0.3, -0.25) is 19.2 Å². The molecule has 1 aliphatic rings. The average Bonchev–Trinajstić information content (AvgIpc) is 3.16. The molecule has 2 aromatic carbocycles. The zero-order valence-electron chi connectivity index (χ0n) is 32.6. The van der Waals surface area contributed by atoms with Crippen LogP contribution < -0.4 is 42.6 Å². The minimum atomic E-state index is -1.33. The number of ether oxygens (including phenoxy) is 2. The minimum absolute atomic E-state index is 0.0717. The maximum absolute atomic E-state index is 14.2. The van der Waals surface area contributed by atoms with Gasteiger partial charge >= 0.3 is 5.97 Å². The molecule has 0 radical (unpaired) electrons. The fourth-order valence-corrected chi connectivity index (χ4v) is 6.56. The predicted octanol–water partition coefficient (Wildman–Crippen LogP) is 2.52. The van der Waals surface area contributed by atoms with Crippen molar-refractivity contribution >= 4 is 29.6 Å². The van der Waals surface area contributed by atoms with E-state index in [1.165, 1.54) is 44.6 Å². The molecule has 15 nitrogen and oxygen atoms in total. The Kier molecular flexibility index (Phi) is 18.9. The van der Waals surface area contributed by atoms with Crippen LogP contribution in [0.5, 0.6) is 11.5 Å². The number of carbonyl (C=O) groups is 5. The van der Waals surface area contributed by atoms with Crippen molar-refractivity contribution in [2.24, 2.45) is 17.2 Å². The summed E-state index contributed by atoms with van der Waals surface area (Å²) < 4.78 is 12.0. The van der Waals surface area contributed by atoms with Crippen molar-refractivity contribution in [2.75, 3.05) is 39.9 Å². The lowest BCUT2D eigenvalue weighted by Crippen LogP contribution is -2.55. The van der Waals surface area contributed by atoms with E-state index in [0.717, 1.165) is 19.3 Å². The lowest BCUT2D eigenvalue weighted by molar-refractivity contribution is -0.143. The van der Waals surface area contributed by atoms with E-state index in [-0.39, 0.29) is 58.0 Å². The highest BCUT2D eigenvalue weighted by molar-refractivity contribution is 5.96. The Morgan fingerprint density at radius 3 is 2.05 bits per heavy atom. The lowest BCUT2D eigenvalue weighted by Gasteiger charge is -2.32. The van der Waals surface area contributed by atoms with Gasteiger partial charge in [0, 0.05) is 44.1 Å². The highest BCUT2D eigenvalue weighted by atomic mass is 16.5. The molecule has 4 bridgehead atoms. The summed E-state index contributed by atoms with van der Waals surface area (Å²) in [6.07, 6.45) is 8.88. The third kappa shape index (κ3) is 13.5. The fourth-order valence-electron chi connectivity index (χ4n) is 6.56. The van der Waals surface area contributed by atoms with Crippen LogP contribution in [0, 0.1) is 0 Å². The Balaban J connectivity index is 2.06. The number of hydrogen-bond acceptors (Lipinski definition) is 10. The van der Waals surface area contributed by atoms with Gasteiger partial charge in [0.25, 0.3) is 0 Å². The van der Waals surface area contributed by atoms with Crippen LogP contribution in [-0.4, -0.2) is 97.6 Å². The van der Waals surface area contributed by atoms with Crippen molar-refractivity contribution in [2.45, 2.75) is 109 Å². The Morgan fingerprint density at radius 2 is 1.45 bits per heavy atom. The first-order valence-electron chi connectivity index (χ1n) is 19.5. The molecule has 0 spiro atoms. The van der Waals surface area contributed by atoms with E-state index < -0.39 is 47.9 Å². The zero-order valence-corrected chi connectivity index (χ0v) is 32.6. The largest absolute Gasteiger partial charge is 0.492 e. The smallest absolute Gasteiger partial charge is 0.326 e. The summed E-state index contributed by atoms with van der Waals surface area (Å²) in [5.74, 6) is -2.74. The molecule has 2 aromatic rings. The Bertz CT molecular complexity index is 1590. The Hall–Kier alpha value is -4.73. The number of fused-ring (bicyclic) bond motifs is 5. The number of carbonyl (C=O) groups excluding carboxylic acids is 4. The predicted molar refractivity (Wildman–Crippen MR) is 210 cm³/mol. The average molecular weight is 768 g/mol. The third-order valence-electron chi connectivity index (χ3n) is 9.54. The van der Waals surface area contributed by atoms with Crippen molar-refractivity contribution in [3.8, 4) is 22.6 Å². The summed E-state index contributed by atoms with van der Waals surface area (Å²) in [7, 11) is 1.45. The number of rotatable bonds is 21. The molecule has 3 rings (SSSR count). The number of unbranched alkanes of at least 4 members (excludes halogenated alkanes) is 7. The first kappa shape index (κ1) is 44.7. The molecule has 0 unspecified atom stereocenters. The first-order chi connectivity index (χ1) is 26.4.